The lowest BCUT2D eigenvalue weighted by Crippen LogP contribution is -2.37. The highest BCUT2D eigenvalue weighted by molar-refractivity contribution is 6.32. The lowest BCUT2D eigenvalue weighted by Gasteiger charge is -2.23. The van der Waals surface area contributed by atoms with Crippen molar-refractivity contribution in [1.29, 1.82) is 0 Å². The lowest BCUT2D eigenvalue weighted by molar-refractivity contribution is -0.130. The highest BCUT2D eigenvalue weighted by Crippen LogP contribution is 2.28. The van der Waals surface area contributed by atoms with Gasteiger partial charge >= 0.3 is 0 Å². The molecule has 7 nitrogen and oxygen atoms in total. The number of hydrogen-bond acceptors (Lipinski definition) is 4. The highest BCUT2D eigenvalue weighted by atomic mass is 35.5. The molecule has 2 amide bonds. The van der Waals surface area contributed by atoms with Gasteiger partial charge < -0.3 is 9.80 Å². The second-order valence-corrected chi connectivity index (χ2v) is 6.65. The largest absolute Gasteiger partial charge is 0.339 e. The van der Waals surface area contributed by atoms with Crippen LogP contribution in [0.4, 0.5) is 5.69 Å². The summed E-state index contributed by atoms with van der Waals surface area (Å²) in [7, 11) is 0. The van der Waals surface area contributed by atoms with E-state index >= 15 is 0 Å². The molecule has 2 heterocycles. The molecule has 2 aromatic heterocycles. The Bertz CT molecular complexity index is 788. The minimum absolute atomic E-state index is 0.0192. The highest BCUT2D eigenvalue weighted by Gasteiger charge is 2.31. The van der Waals surface area contributed by atoms with Gasteiger partial charge in [-0.15, -0.1) is 0 Å². The average Bonchev–Trinajstić information content (AvgIpc) is 3.39. The van der Waals surface area contributed by atoms with Gasteiger partial charge in [-0.2, -0.15) is 5.10 Å². The van der Waals surface area contributed by atoms with Crippen LogP contribution in [-0.4, -0.2) is 50.6 Å². The Morgan fingerprint density at radius 2 is 2.15 bits per heavy atom. The second-order valence-electron chi connectivity index (χ2n) is 6.29. The molecule has 0 aliphatic heterocycles. The number of rotatable bonds is 7. The molecule has 26 heavy (non-hydrogen) atoms. The summed E-state index contributed by atoms with van der Waals surface area (Å²) in [6, 6.07) is 3.97. The first-order valence-corrected chi connectivity index (χ1v) is 9.12. The number of carbonyl (C=O) groups is 2. The Balaban J connectivity index is 1.72. The third-order valence-electron chi connectivity index (χ3n) is 4.43. The van der Waals surface area contributed by atoms with E-state index in [0.29, 0.717) is 24.8 Å². The smallest absolute Gasteiger partial charge is 0.228 e. The molecule has 0 spiro atoms. The Labute approximate surface area is 157 Å². The fourth-order valence-electron chi connectivity index (χ4n) is 2.96. The van der Waals surface area contributed by atoms with Crippen LogP contribution < -0.4 is 4.90 Å². The molecule has 0 radical (unpaired) electrons. The molecule has 2 aromatic rings. The summed E-state index contributed by atoms with van der Waals surface area (Å²) in [4.78, 5) is 31.9. The maximum atomic E-state index is 12.7. The minimum Gasteiger partial charge on any atom is -0.339 e. The number of aromatic nitrogens is 3. The van der Waals surface area contributed by atoms with E-state index in [-0.39, 0.29) is 23.4 Å². The van der Waals surface area contributed by atoms with Gasteiger partial charge in [0, 0.05) is 38.7 Å². The van der Waals surface area contributed by atoms with Crippen LogP contribution in [-0.2, 0) is 9.59 Å². The number of amides is 2. The van der Waals surface area contributed by atoms with Gasteiger partial charge in [0.25, 0.3) is 0 Å². The monoisotopic (exact) mass is 375 g/mol. The summed E-state index contributed by atoms with van der Waals surface area (Å²) in [5.74, 6) is -0.0576. The summed E-state index contributed by atoms with van der Waals surface area (Å²) in [5.41, 5.74) is 1.32. The zero-order valence-corrected chi connectivity index (χ0v) is 15.7. The minimum atomic E-state index is -0.0768. The van der Waals surface area contributed by atoms with Crippen molar-refractivity contribution in [3.05, 3.63) is 35.9 Å². The lowest BCUT2D eigenvalue weighted by atomic mass is 10.3. The number of anilines is 1. The third-order valence-corrected chi connectivity index (χ3v) is 4.70. The van der Waals surface area contributed by atoms with Crippen molar-refractivity contribution in [2.24, 2.45) is 0 Å². The van der Waals surface area contributed by atoms with Gasteiger partial charge in [0.05, 0.1) is 18.1 Å². The second kappa shape index (κ2) is 7.86. The summed E-state index contributed by atoms with van der Waals surface area (Å²) in [6.07, 6.45) is 7.39. The molecule has 0 saturated heterocycles. The van der Waals surface area contributed by atoms with Crippen molar-refractivity contribution < 1.29 is 9.59 Å². The molecule has 1 aliphatic rings. The molecule has 8 heteroatoms. The van der Waals surface area contributed by atoms with Crippen LogP contribution in [0, 0.1) is 0 Å². The molecule has 3 rings (SSSR count). The van der Waals surface area contributed by atoms with Crippen LogP contribution in [0.15, 0.2) is 30.7 Å². The zero-order valence-electron chi connectivity index (χ0n) is 14.9. The molecular weight excluding hydrogens is 354 g/mol. The molecule has 138 valence electrons. The van der Waals surface area contributed by atoms with Crippen molar-refractivity contribution in [3.63, 3.8) is 0 Å². The van der Waals surface area contributed by atoms with Crippen LogP contribution in [0.25, 0.3) is 5.69 Å². The van der Waals surface area contributed by atoms with E-state index in [0.717, 1.165) is 18.5 Å². The van der Waals surface area contributed by atoms with Crippen LogP contribution >= 0.6 is 11.6 Å². The van der Waals surface area contributed by atoms with E-state index in [1.54, 1.807) is 40.0 Å². The SMILES string of the molecule is CCN(C(=O)CCN(C(C)=O)C1CC1)c1cn(-c2cccnc2)nc1Cl. The topological polar surface area (TPSA) is 71.3 Å². The molecule has 1 fully saturated rings. The molecule has 1 saturated carbocycles. The summed E-state index contributed by atoms with van der Waals surface area (Å²) >= 11 is 6.28. The Kier molecular flexibility index (Phi) is 5.56. The van der Waals surface area contributed by atoms with Gasteiger partial charge in [0.15, 0.2) is 5.15 Å². The third kappa shape index (κ3) is 4.04. The van der Waals surface area contributed by atoms with Gasteiger partial charge in [-0.1, -0.05) is 11.6 Å². The van der Waals surface area contributed by atoms with Crippen molar-refractivity contribution in [1.82, 2.24) is 19.7 Å². The quantitative estimate of drug-likeness (QED) is 0.745. The van der Waals surface area contributed by atoms with Gasteiger partial charge in [-0.3, -0.25) is 14.6 Å². The van der Waals surface area contributed by atoms with Crippen LogP contribution in [0.2, 0.25) is 5.15 Å². The Morgan fingerprint density at radius 3 is 2.73 bits per heavy atom. The van der Waals surface area contributed by atoms with E-state index < -0.39 is 0 Å². The maximum absolute atomic E-state index is 12.7. The maximum Gasteiger partial charge on any atom is 0.228 e. The summed E-state index contributed by atoms with van der Waals surface area (Å²) in [6.45, 7) is 4.35. The average molecular weight is 376 g/mol. The standard InChI is InChI=1S/C18H22ClN5O2/c1-3-22(17(26)8-10-23(13(2)25)14-6-7-14)16-12-24(21-18(16)19)15-5-4-9-20-11-15/h4-5,9,11-12,14H,3,6-8,10H2,1-2H3. The fraction of sp³-hybridized carbons (Fsp3) is 0.444. The fourth-order valence-corrected chi connectivity index (χ4v) is 3.19. The summed E-state index contributed by atoms with van der Waals surface area (Å²) < 4.78 is 1.60. The van der Waals surface area contributed by atoms with Crippen molar-refractivity contribution >= 4 is 29.1 Å². The van der Waals surface area contributed by atoms with E-state index in [4.69, 9.17) is 11.6 Å². The number of hydrogen-bond donors (Lipinski definition) is 0. The molecule has 0 unspecified atom stereocenters. The van der Waals surface area contributed by atoms with Crippen molar-refractivity contribution in [3.8, 4) is 5.69 Å². The van der Waals surface area contributed by atoms with Gasteiger partial charge in [0.1, 0.15) is 5.69 Å². The van der Waals surface area contributed by atoms with E-state index in [1.165, 1.54) is 0 Å². The Morgan fingerprint density at radius 1 is 1.38 bits per heavy atom. The molecule has 0 aromatic carbocycles. The number of nitrogens with zero attached hydrogens (tertiary/aromatic N) is 5. The molecular formula is C18H22ClN5O2. The first-order valence-electron chi connectivity index (χ1n) is 8.74. The number of carbonyl (C=O) groups excluding carboxylic acids is 2. The van der Waals surface area contributed by atoms with Gasteiger partial charge in [-0.25, -0.2) is 4.68 Å². The van der Waals surface area contributed by atoms with E-state index in [9.17, 15) is 9.59 Å². The number of pyridine rings is 1. The van der Waals surface area contributed by atoms with Crippen molar-refractivity contribution in [2.45, 2.75) is 39.2 Å². The normalized spacial score (nSPS) is 13.5. The molecule has 0 atom stereocenters. The first kappa shape index (κ1) is 18.4. The van der Waals surface area contributed by atoms with Crippen LogP contribution in [0.5, 0.6) is 0 Å². The summed E-state index contributed by atoms with van der Waals surface area (Å²) in [5, 5.41) is 4.54. The van der Waals surface area contributed by atoms with Crippen LogP contribution in [0.3, 0.4) is 0 Å². The van der Waals surface area contributed by atoms with E-state index in [2.05, 4.69) is 10.1 Å². The molecule has 0 N–H and O–H groups in total. The molecule has 1 aliphatic carbocycles. The van der Waals surface area contributed by atoms with Crippen LogP contribution in [0.1, 0.15) is 33.1 Å². The molecule has 0 bridgehead atoms. The zero-order chi connectivity index (χ0) is 18.7. The predicted molar refractivity (Wildman–Crippen MR) is 99.4 cm³/mol. The van der Waals surface area contributed by atoms with E-state index in [1.807, 2.05) is 19.1 Å². The first-order chi connectivity index (χ1) is 12.5. The van der Waals surface area contributed by atoms with Gasteiger partial charge in [-0.05, 0) is 31.9 Å². The van der Waals surface area contributed by atoms with Gasteiger partial charge in [0.2, 0.25) is 11.8 Å². The predicted octanol–water partition coefficient (Wildman–Crippen LogP) is 2.67. The van der Waals surface area contributed by atoms with Crippen molar-refractivity contribution in [2.75, 3.05) is 18.0 Å². The number of halogens is 1. The Hall–Kier alpha value is -2.41.